The number of nitrogens with two attached hydrogens (primary N) is 1. The second-order valence-corrected chi connectivity index (χ2v) is 6.81. The molecule has 0 aliphatic carbocycles. The lowest BCUT2D eigenvalue weighted by atomic mass is 9.90. The Hall–Kier alpha value is -3.78. The first-order chi connectivity index (χ1) is 13.7. The quantitative estimate of drug-likeness (QED) is 0.747. The van der Waals surface area contributed by atoms with Crippen LogP contribution < -0.4 is 5.73 Å². The van der Waals surface area contributed by atoms with E-state index in [2.05, 4.69) is 23.3 Å². The fourth-order valence-electron chi connectivity index (χ4n) is 3.55. The van der Waals surface area contributed by atoms with Crippen molar-refractivity contribution in [3.63, 3.8) is 0 Å². The maximum absolute atomic E-state index is 9.77. The minimum Gasteiger partial charge on any atom is -0.383 e. The number of allylic oxidation sites excluding steroid dienone is 2. The SMILES string of the molecule is Cc1nn(-c2ccccc2)c(N)c1C1C=CN(Cc2ccccc2)C=C1C#N. The molecule has 3 aromatic rings. The van der Waals surface area contributed by atoms with Crippen LogP contribution in [0.5, 0.6) is 0 Å². The zero-order valence-corrected chi connectivity index (χ0v) is 15.7. The van der Waals surface area contributed by atoms with Gasteiger partial charge in [-0.3, -0.25) is 0 Å². The average Bonchev–Trinajstić information content (AvgIpc) is 3.03. The van der Waals surface area contributed by atoms with E-state index in [0.29, 0.717) is 17.9 Å². The van der Waals surface area contributed by atoms with Crippen LogP contribution in [0.4, 0.5) is 5.82 Å². The molecule has 1 aromatic heterocycles. The Morgan fingerprint density at radius 1 is 1.07 bits per heavy atom. The maximum atomic E-state index is 9.77. The Morgan fingerprint density at radius 2 is 1.75 bits per heavy atom. The van der Waals surface area contributed by atoms with Crippen LogP contribution in [-0.2, 0) is 6.54 Å². The lowest BCUT2D eigenvalue weighted by Gasteiger charge is -2.24. The van der Waals surface area contributed by atoms with Crippen LogP contribution in [0, 0.1) is 18.3 Å². The third-order valence-electron chi connectivity index (χ3n) is 4.90. The number of rotatable bonds is 4. The summed E-state index contributed by atoms with van der Waals surface area (Å²) in [5, 5.41) is 14.4. The number of nitrogens with zero attached hydrogens (tertiary/aromatic N) is 4. The summed E-state index contributed by atoms with van der Waals surface area (Å²) >= 11 is 0. The van der Waals surface area contributed by atoms with E-state index in [-0.39, 0.29) is 5.92 Å². The number of nitriles is 1. The highest BCUT2D eigenvalue weighted by molar-refractivity contribution is 5.57. The van der Waals surface area contributed by atoms with Gasteiger partial charge >= 0.3 is 0 Å². The lowest BCUT2D eigenvalue weighted by molar-refractivity contribution is 0.485. The monoisotopic (exact) mass is 367 g/mol. The first-order valence-corrected chi connectivity index (χ1v) is 9.17. The molecule has 1 atom stereocenters. The van der Waals surface area contributed by atoms with Gasteiger partial charge in [0.15, 0.2) is 0 Å². The summed E-state index contributed by atoms with van der Waals surface area (Å²) < 4.78 is 1.74. The summed E-state index contributed by atoms with van der Waals surface area (Å²) in [7, 11) is 0. The fraction of sp³-hybridized carbons (Fsp3) is 0.130. The van der Waals surface area contributed by atoms with Gasteiger partial charge < -0.3 is 10.6 Å². The van der Waals surface area contributed by atoms with Gasteiger partial charge in [0.25, 0.3) is 0 Å². The van der Waals surface area contributed by atoms with Gasteiger partial charge in [-0.2, -0.15) is 10.4 Å². The molecule has 5 nitrogen and oxygen atoms in total. The molecule has 0 spiro atoms. The molecule has 1 aliphatic rings. The number of aromatic nitrogens is 2. The molecule has 2 N–H and O–H groups in total. The van der Waals surface area contributed by atoms with Gasteiger partial charge in [0.1, 0.15) is 5.82 Å². The van der Waals surface area contributed by atoms with Crippen LogP contribution in [0.3, 0.4) is 0 Å². The minimum atomic E-state index is -0.200. The zero-order chi connectivity index (χ0) is 19.5. The molecule has 138 valence electrons. The van der Waals surface area contributed by atoms with E-state index >= 15 is 0 Å². The summed E-state index contributed by atoms with van der Waals surface area (Å²) in [4.78, 5) is 2.03. The van der Waals surface area contributed by atoms with Crippen LogP contribution >= 0.6 is 0 Å². The predicted molar refractivity (Wildman–Crippen MR) is 110 cm³/mol. The number of nitrogen functional groups attached to an aromatic ring is 1. The Labute approximate surface area is 164 Å². The molecule has 4 rings (SSSR count). The second-order valence-electron chi connectivity index (χ2n) is 6.81. The topological polar surface area (TPSA) is 70.9 Å². The molecule has 0 bridgehead atoms. The van der Waals surface area contributed by atoms with Crippen molar-refractivity contribution in [1.29, 1.82) is 5.26 Å². The maximum Gasteiger partial charge on any atom is 0.131 e. The molecule has 0 amide bonds. The van der Waals surface area contributed by atoms with Crippen LogP contribution in [0.2, 0.25) is 0 Å². The van der Waals surface area contributed by atoms with Gasteiger partial charge in [-0.25, -0.2) is 4.68 Å². The molecule has 5 heteroatoms. The Bertz CT molecular complexity index is 1070. The van der Waals surface area contributed by atoms with Crippen molar-refractivity contribution in [3.8, 4) is 11.8 Å². The summed E-state index contributed by atoms with van der Waals surface area (Å²) in [6, 6.07) is 22.3. The summed E-state index contributed by atoms with van der Waals surface area (Å²) in [5.41, 5.74) is 10.9. The molecular formula is C23H21N5. The lowest BCUT2D eigenvalue weighted by Crippen LogP contribution is -2.17. The number of aryl methyl sites for hydroxylation is 1. The molecule has 0 fully saturated rings. The predicted octanol–water partition coefficient (Wildman–Crippen LogP) is 4.28. The van der Waals surface area contributed by atoms with Gasteiger partial charge in [0, 0.05) is 30.4 Å². The van der Waals surface area contributed by atoms with Gasteiger partial charge in [0.05, 0.1) is 23.0 Å². The molecule has 1 unspecified atom stereocenters. The zero-order valence-electron chi connectivity index (χ0n) is 15.7. The molecule has 0 radical (unpaired) electrons. The van der Waals surface area contributed by atoms with E-state index in [1.165, 1.54) is 5.56 Å². The highest BCUT2D eigenvalue weighted by atomic mass is 15.3. The van der Waals surface area contributed by atoms with Crippen molar-refractivity contribution in [2.75, 3.05) is 5.73 Å². The van der Waals surface area contributed by atoms with Crippen LogP contribution in [0.25, 0.3) is 5.69 Å². The van der Waals surface area contributed by atoms with Crippen molar-refractivity contribution in [1.82, 2.24) is 14.7 Å². The molecule has 28 heavy (non-hydrogen) atoms. The third kappa shape index (κ3) is 3.28. The summed E-state index contributed by atoms with van der Waals surface area (Å²) in [6.45, 7) is 2.65. The summed E-state index contributed by atoms with van der Waals surface area (Å²) in [6.07, 6.45) is 5.94. The number of anilines is 1. The minimum absolute atomic E-state index is 0.200. The number of benzene rings is 2. The normalized spacial score (nSPS) is 15.9. The van der Waals surface area contributed by atoms with Crippen molar-refractivity contribution >= 4 is 5.82 Å². The average molecular weight is 367 g/mol. The van der Waals surface area contributed by atoms with Gasteiger partial charge in [0.2, 0.25) is 0 Å². The first kappa shape index (κ1) is 17.6. The molecular weight excluding hydrogens is 346 g/mol. The largest absolute Gasteiger partial charge is 0.383 e. The smallest absolute Gasteiger partial charge is 0.131 e. The second kappa shape index (κ2) is 7.45. The highest BCUT2D eigenvalue weighted by Gasteiger charge is 2.26. The molecule has 0 saturated carbocycles. The molecule has 2 aromatic carbocycles. The third-order valence-corrected chi connectivity index (χ3v) is 4.90. The van der Waals surface area contributed by atoms with E-state index < -0.39 is 0 Å². The first-order valence-electron chi connectivity index (χ1n) is 9.17. The number of hydrogen-bond donors (Lipinski definition) is 1. The van der Waals surface area contributed by atoms with E-state index in [9.17, 15) is 5.26 Å². The Morgan fingerprint density at radius 3 is 2.43 bits per heavy atom. The highest BCUT2D eigenvalue weighted by Crippen LogP contribution is 2.36. The number of hydrogen-bond acceptors (Lipinski definition) is 4. The Kier molecular flexibility index (Phi) is 4.69. The van der Waals surface area contributed by atoms with Crippen LogP contribution in [0.1, 0.15) is 22.7 Å². The van der Waals surface area contributed by atoms with Gasteiger partial charge in [-0.1, -0.05) is 54.6 Å². The van der Waals surface area contributed by atoms with Crippen molar-refractivity contribution in [2.24, 2.45) is 0 Å². The van der Waals surface area contributed by atoms with Crippen LogP contribution in [0.15, 0.2) is 84.7 Å². The van der Waals surface area contributed by atoms with E-state index in [1.54, 1.807) is 4.68 Å². The fourth-order valence-corrected chi connectivity index (χ4v) is 3.55. The van der Waals surface area contributed by atoms with Crippen molar-refractivity contribution in [3.05, 3.63) is 102 Å². The Balaban J connectivity index is 1.65. The number of para-hydroxylation sites is 1. The molecule has 2 heterocycles. The van der Waals surface area contributed by atoms with Gasteiger partial charge in [-0.15, -0.1) is 0 Å². The van der Waals surface area contributed by atoms with Crippen LogP contribution in [-0.4, -0.2) is 14.7 Å². The van der Waals surface area contributed by atoms with Gasteiger partial charge in [-0.05, 0) is 24.6 Å². The van der Waals surface area contributed by atoms with Crippen molar-refractivity contribution < 1.29 is 0 Å². The molecule has 1 aliphatic heterocycles. The standard InChI is InChI=1S/C23H21N5/c1-17-22(23(25)28(26-17)20-10-6-3-7-11-20)21-12-13-27(16-19(21)14-24)15-18-8-4-2-5-9-18/h2-13,16,21H,15,25H2,1H3. The van der Waals surface area contributed by atoms with Crippen molar-refractivity contribution in [2.45, 2.75) is 19.4 Å². The van der Waals surface area contributed by atoms with E-state index in [1.807, 2.05) is 78.8 Å². The summed E-state index contributed by atoms with van der Waals surface area (Å²) in [5.74, 6) is 0.366. The van der Waals surface area contributed by atoms with E-state index in [4.69, 9.17) is 5.73 Å². The molecule has 0 saturated heterocycles. The van der Waals surface area contributed by atoms with E-state index in [0.717, 1.165) is 16.9 Å².